The molecule has 1 aliphatic heterocycles. The molecule has 0 saturated carbocycles. The number of rotatable bonds is 4. The Balaban J connectivity index is 2.70. The number of carbonyl (C=O) groups excluding carboxylic acids is 1. The topological polar surface area (TPSA) is 94.9 Å². The summed E-state index contributed by atoms with van der Waals surface area (Å²) in [5.74, 6) is -1.12. The first-order chi connectivity index (χ1) is 7.07. The third-order valence-electron chi connectivity index (χ3n) is 2.63. The summed E-state index contributed by atoms with van der Waals surface area (Å²) in [4.78, 5) is 32.7. The van der Waals surface area contributed by atoms with E-state index >= 15 is 0 Å². The Morgan fingerprint density at radius 2 is 2.00 bits per heavy atom. The van der Waals surface area contributed by atoms with Gasteiger partial charge in [0, 0.05) is 12.5 Å². The lowest BCUT2D eigenvalue weighted by atomic mass is 10.1. The van der Waals surface area contributed by atoms with Crippen molar-refractivity contribution in [2.45, 2.75) is 37.8 Å². The molecule has 1 saturated heterocycles. The fourth-order valence-electron chi connectivity index (χ4n) is 1.96. The van der Waals surface area contributed by atoms with E-state index in [4.69, 9.17) is 10.2 Å². The van der Waals surface area contributed by atoms with Crippen LogP contribution in [-0.4, -0.2) is 45.5 Å². The number of amides is 1. The Morgan fingerprint density at radius 1 is 1.33 bits per heavy atom. The molecule has 0 bridgehead atoms. The molecule has 0 aliphatic carbocycles. The van der Waals surface area contributed by atoms with Crippen molar-refractivity contribution in [3.8, 4) is 0 Å². The number of aliphatic carboxylic acids is 1. The van der Waals surface area contributed by atoms with Crippen molar-refractivity contribution >= 4 is 18.3 Å². The van der Waals surface area contributed by atoms with Crippen LogP contribution in [-0.2, 0) is 9.59 Å². The second-order valence-electron chi connectivity index (χ2n) is 3.52. The first-order valence-electron chi connectivity index (χ1n) is 4.75. The van der Waals surface area contributed by atoms with E-state index in [-0.39, 0.29) is 12.5 Å². The molecule has 1 amide bonds. The van der Waals surface area contributed by atoms with Crippen molar-refractivity contribution in [2.75, 3.05) is 0 Å². The van der Waals surface area contributed by atoms with Gasteiger partial charge in [0.05, 0.1) is 0 Å². The van der Waals surface area contributed by atoms with Crippen molar-refractivity contribution in [3.05, 3.63) is 0 Å². The molecular formula is C9H13NO5. The summed E-state index contributed by atoms with van der Waals surface area (Å²) < 4.78 is 0. The minimum absolute atomic E-state index is 0.265. The molecule has 1 heterocycles. The summed E-state index contributed by atoms with van der Waals surface area (Å²) in [5, 5.41) is 17.7. The van der Waals surface area contributed by atoms with E-state index in [1.54, 1.807) is 0 Å². The van der Waals surface area contributed by atoms with Gasteiger partial charge in [-0.2, -0.15) is 0 Å². The van der Waals surface area contributed by atoms with Gasteiger partial charge in [-0.1, -0.05) is 0 Å². The average molecular weight is 215 g/mol. The Labute approximate surface area is 86.5 Å². The maximum Gasteiger partial charge on any atom is 0.408 e. The summed E-state index contributed by atoms with van der Waals surface area (Å²) in [6, 6.07) is -1.30. The third-order valence-corrected chi connectivity index (χ3v) is 2.63. The quantitative estimate of drug-likeness (QED) is 0.668. The minimum atomic E-state index is -1.23. The highest BCUT2D eigenvalue weighted by Crippen LogP contribution is 2.27. The van der Waals surface area contributed by atoms with Crippen LogP contribution in [0.1, 0.15) is 25.7 Å². The van der Waals surface area contributed by atoms with Gasteiger partial charge in [0.1, 0.15) is 12.3 Å². The zero-order valence-corrected chi connectivity index (χ0v) is 8.13. The minimum Gasteiger partial charge on any atom is -0.480 e. The van der Waals surface area contributed by atoms with Crippen LogP contribution in [0.3, 0.4) is 0 Å². The third kappa shape index (κ3) is 2.45. The molecule has 1 rings (SSSR count). The maximum atomic E-state index is 10.9. The standard InChI is InChI=1S/C9H13NO5/c11-5-1-2-6-3-4-7(8(12)13)10(6)9(14)15/h5-7H,1-4H2,(H,12,13)(H,14,15)/t6?,7-/m0/s1. The van der Waals surface area contributed by atoms with Crippen LogP contribution in [0.25, 0.3) is 0 Å². The second-order valence-corrected chi connectivity index (χ2v) is 3.52. The molecule has 15 heavy (non-hydrogen) atoms. The molecule has 0 aromatic carbocycles. The van der Waals surface area contributed by atoms with Gasteiger partial charge in [-0.3, -0.25) is 4.90 Å². The van der Waals surface area contributed by atoms with E-state index in [2.05, 4.69) is 0 Å². The van der Waals surface area contributed by atoms with Crippen LogP contribution in [0.15, 0.2) is 0 Å². The van der Waals surface area contributed by atoms with E-state index in [9.17, 15) is 14.4 Å². The summed E-state index contributed by atoms with van der Waals surface area (Å²) in [6.07, 6.45) is 0.993. The lowest BCUT2D eigenvalue weighted by Crippen LogP contribution is -2.44. The highest BCUT2D eigenvalue weighted by Gasteiger charge is 2.40. The van der Waals surface area contributed by atoms with Crippen molar-refractivity contribution in [2.24, 2.45) is 0 Å². The van der Waals surface area contributed by atoms with Gasteiger partial charge in [-0.15, -0.1) is 0 Å². The predicted molar refractivity (Wildman–Crippen MR) is 49.6 cm³/mol. The molecular weight excluding hydrogens is 202 g/mol. The molecule has 1 unspecified atom stereocenters. The molecule has 0 aromatic rings. The normalized spacial score (nSPS) is 25.2. The number of carbonyl (C=O) groups is 3. The largest absolute Gasteiger partial charge is 0.480 e. The molecule has 84 valence electrons. The van der Waals surface area contributed by atoms with Gasteiger partial charge in [0.15, 0.2) is 0 Å². The van der Waals surface area contributed by atoms with Crippen LogP contribution >= 0.6 is 0 Å². The summed E-state index contributed by atoms with van der Waals surface area (Å²) in [7, 11) is 0. The summed E-state index contributed by atoms with van der Waals surface area (Å²) in [5.41, 5.74) is 0. The maximum absolute atomic E-state index is 10.9. The van der Waals surface area contributed by atoms with Gasteiger partial charge in [0.25, 0.3) is 0 Å². The van der Waals surface area contributed by atoms with E-state index in [1.807, 2.05) is 0 Å². The highest BCUT2D eigenvalue weighted by atomic mass is 16.4. The Morgan fingerprint density at radius 3 is 2.47 bits per heavy atom. The molecule has 0 spiro atoms. The number of aldehydes is 1. The van der Waals surface area contributed by atoms with Crippen molar-refractivity contribution in [1.29, 1.82) is 0 Å². The molecule has 2 atom stereocenters. The molecule has 0 aromatic heterocycles. The number of carboxylic acids is 1. The Kier molecular flexibility index (Phi) is 3.65. The molecule has 6 nitrogen and oxygen atoms in total. The first kappa shape index (κ1) is 11.5. The SMILES string of the molecule is O=CCCC1CC[C@@H](C(=O)O)N1C(=O)O. The second kappa shape index (κ2) is 4.77. The van der Waals surface area contributed by atoms with Crippen molar-refractivity contribution < 1.29 is 24.6 Å². The lowest BCUT2D eigenvalue weighted by Gasteiger charge is -2.24. The number of carboxylic acid groups (broad SMARTS) is 2. The van der Waals surface area contributed by atoms with E-state index in [0.29, 0.717) is 25.5 Å². The Hall–Kier alpha value is -1.59. The molecule has 6 heteroatoms. The zero-order valence-electron chi connectivity index (χ0n) is 8.13. The van der Waals surface area contributed by atoms with E-state index in [0.717, 1.165) is 4.90 Å². The highest BCUT2D eigenvalue weighted by molar-refractivity contribution is 5.80. The number of hydrogen-bond donors (Lipinski definition) is 2. The fourth-order valence-corrected chi connectivity index (χ4v) is 1.96. The number of hydrogen-bond acceptors (Lipinski definition) is 3. The van der Waals surface area contributed by atoms with Crippen LogP contribution in [0.4, 0.5) is 4.79 Å². The number of likely N-dealkylation sites (tertiary alicyclic amines) is 1. The lowest BCUT2D eigenvalue weighted by molar-refractivity contribution is -0.142. The number of nitrogens with zero attached hydrogens (tertiary/aromatic N) is 1. The van der Waals surface area contributed by atoms with Crippen LogP contribution < -0.4 is 0 Å². The van der Waals surface area contributed by atoms with Gasteiger partial charge < -0.3 is 15.0 Å². The van der Waals surface area contributed by atoms with Gasteiger partial charge in [-0.05, 0) is 19.3 Å². The van der Waals surface area contributed by atoms with E-state index in [1.165, 1.54) is 0 Å². The van der Waals surface area contributed by atoms with E-state index < -0.39 is 18.1 Å². The van der Waals surface area contributed by atoms with Crippen LogP contribution in [0.2, 0.25) is 0 Å². The fraction of sp³-hybridized carbons (Fsp3) is 0.667. The molecule has 2 N–H and O–H groups in total. The molecule has 1 aliphatic rings. The molecule has 0 radical (unpaired) electrons. The predicted octanol–water partition coefficient (Wildman–Crippen LogP) is 0.561. The van der Waals surface area contributed by atoms with Crippen LogP contribution in [0.5, 0.6) is 0 Å². The molecule has 1 fully saturated rings. The monoisotopic (exact) mass is 215 g/mol. The summed E-state index contributed by atoms with van der Waals surface area (Å²) >= 11 is 0. The zero-order chi connectivity index (χ0) is 11.4. The Bertz CT molecular complexity index is 278. The smallest absolute Gasteiger partial charge is 0.408 e. The summed E-state index contributed by atoms with van der Waals surface area (Å²) in [6.45, 7) is 0. The van der Waals surface area contributed by atoms with Crippen molar-refractivity contribution in [1.82, 2.24) is 4.90 Å². The van der Waals surface area contributed by atoms with Gasteiger partial charge in [-0.25, -0.2) is 9.59 Å². The average Bonchev–Trinajstić information content (AvgIpc) is 2.58. The van der Waals surface area contributed by atoms with Gasteiger partial charge in [0.2, 0.25) is 0 Å². The van der Waals surface area contributed by atoms with Gasteiger partial charge >= 0.3 is 12.1 Å². The van der Waals surface area contributed by atoms with Crippen molar-refractivity contribution in [3.63, 3.8) is 0 Å². The van der Waals surface area contributed by atoms with Crippen LogP contribution in [0, 0.1) is 0 Å². The first-order valence-corrected chi connectivity index (χ1v) is 4.75.